The first-order chi connectivity index (χ1) is 8.33. The summed E-state index contributed by atoms with van der Waals surface area (Å²) in [5.74, 6) is 0.533. The molecule has 0 fully saturated rings. The van der Waals surface area contributed by atoms with Gasteiger partial charge in [0.15, 0.2) is 0 Å². The third kappa shape index (κ3) is 2.03. The van der Waals surface area contributed by atoms with Gasteiger partial charge in [-0.15, -0.1) is 0 Å². The van der Waals surface area contributed by atoms with E-state index in [9.17, 15) is 0 Å². The fourth-order valence-electron chi connectivity index (χ4n) is 2.36. The van der Waals surface area contributed by atoms with E-state index in [1.807, 2.05) is 0 Å². The number of rotatable bonds is 0. The smallest absolute Gasteiger partial charge is 0.00140 e. The molecule has 0 bridgehead atoms. The summed E-state index contributed by atoms with van der Waals surface area (Å²) in [6, 6.07) is 8.64. The van der Waals surface area contributed by atoms with Gasteiger partial charge in [0.05, 0.1) is 0 Å². The van der Waals surface area contributed by atoms with E-state index in [0.717, 1.165) is 6.42 Å². The highest BCUT2D eigenvalue weighted by molar-refractivity contribution is 5.63. The highest BCUT2D eigenvalue weighted by Gasteiger charge is 2.10. The summed E-state index contributed by atoms with van der Waals surface area (Å²) < 4.78 is 0. The topological polar surface area (TPSA) is 0 Å². The van der Waals surface area contributed by atoms with E-state index < -0.39 is 0 Å². The van der Waals surface area contributed by atoms with Gasteiger partial charge in [0.2, 0.25) is 0 Å². The maximum Gasteiger partial charge on any atom is -0.00140 e. The van der Waals surface area contributed by atoms with E-state index in [4.69, 9.17) is 0 Å². The van der Waals surface area contributed by atoms with E-state index >= 15 is 0 Å². The van der Waals surface area contributed by atoms with Crippen molar-refractivity contribution >= 4 is 6.08 Å². The molecule has 0 heteroatoms. The maximum atomic E-state index is 2.28. The molecule has 1 aromatic rings. The summed E-state index contributed by atoms with van der Waals surface area (Å²) in [5, 5.41) is 0. The minimum Gasteiger partial charge on any atom is -0.0776 e. The summed E-state index contributed by atoms with van der Waals surface area (Å²) in [7, 11) is 0. The van der Waals surface area contributed by atoms with Crippen LogP contribution < -0.4 is 0 Å². The van der Waals surface area contributed by atoms with Crippen LogP contribution in [0, 0.1) is 5.92 Å². The van der Waals surface area contributed by atoms with Crippen molar-refractivity contribution in [3.05, 3.63) is 76.9 Å². The molecule has 0 radical (unpaired) electrons. The van der Waals surface area contributed by atoms with Crippen LogP contribution >= 0.6 is 0 Å². The van der Waals surface area contributed by atoms with Gasteiger partial charge >= 0.3 is 0 Å². The lowest BCUT2D eigenvalue weighted by Crippen LogP contribution is -1.91. The van der Waals surface area contributed by atoms with Crippen LogP contribution in [0.25, 0.3) is 6.08 Å². The monoisotopic (exact) mass is 220 g/mol. The lowest BCUT2D eigenvalue weighted by atomic mass is 9.99. The summed E-state index contributed by atoms with van der Waals surface area (Å²) in [6.07, 6.45) is 14.6. The third-order valence-electron chi connectivity index (χ3n) is 3.43. The SMILES string of the molecule is CC1C=CC2=C(C=C1)Cc1ccccc1C=C2. The Balaban J connectivity index is 2.07. The van der Waals surface area contributed by atoms with Crippen LogP contribution in [0.1, 0.15) is 18.1 Å². The number of allylic oxidation sites excluding steroid dienone is 7. The highest BCUT2D eigenvalue weighted by Crippen LogP contribution is 2.26. The van der Waals surface area contributed by atoms with Crippen LogP contribution in [0.5, 0.6) is 0 Å². The van der Waals surface area contributed by atoms with Crippen molar-refractivity contribution in [3.63, 3.8) is 0 Å². The van der Waals surface area contributed by atoms with Gasteiger partial charge < -0.3 is 0 Å². The molecule has 1 unspecified atom stereocenters. The van der Waals surface area contributed by atoms with Gasteiger partial charge in [-0.3, -0.25) is 0 Å². The van der Waals surface area contributed by atoms with Crippen LogP contribution in [0.15, 0.2) is 65.8 Å². The van der Waals surface area contributed by atoms with Crippen LogP contribution in [-0.2, 0) is 6.42 Å². The van der Waals surface area contributed by atoms with Gasteiger partial charge in [0, 0.05) is 0 Å². The van der Waals surface area contributed by atoms with E-state index in [1.165, 1.54) is 22.3 Å². The summed E-state index contributed by atoms with van der Waals surface area (Å²) >= 11 is 0. The molecule has 0 aliphatic heterocycles. The predicted octanol–water partition coefficient (Wildman–Crippen LogP) is 4.31. The maximum absolute atomic E-state index is 2.28. The van der Waals surface area contributed by atoms with E-state index in [-0.39, 0.29) is 0 Å². The normalized spacial score (nSPS) is 21.8. The second kappa shape index (κ2) is 4.21. The molecule has 0 amide bonds. The third-order valence-corrected chi connectivity index (χ3v) is 3.43. The van der Waals surface area contributed by atoms with E-state index in [0.29, 0.717) is 5.92 Å². The molecule has 17 heavy (non-hydrogen) atoms. The fraction of sp³-hybridized carbons (Fsp3) is 0.176. The average molecular weight is 220 g/mol. The van der Waals surface area contributed by atoms with Crippen molar-refractivity contribution in [2.75, 3.05) is 0 Å². The van der Waals surface area contributed by atoms with Crippen LogP contribution in [0.2, 0.25) is 0 Å². The lowest BCUT2D eigenvalue weighted by molar-refractivity contribution is 0.940. The predicted molar refractivity (Wildman–Crippen MR) is 73.7 cm³/mol. The number of hydrogen-bond acceptors (Lipinski definition) is 0. The number of fused-ring (bicyclic) bond motifs is 1. The Bertz CT molecular complexity index is 553. The Kier molecular flexibility index (Phi) is 2.56. The van der Waals surface area contributed by atoms with Crippen LogP contribution in [0.4, 0.5) is 0 Å². The molecule has 0 nitrogen and oxygen atoms in total. The first-order valence-corrected chi connectivity index (χ1v) is 6.18. The molecular formula is C17H16. The van der Waals surface area contributed by atoms with Crippen molar-refractivity contribution in [3.8, 4) is 0 Å². The summed E-state index contributed by atoms with van der Waals surface area (Å²) in [5.41, 5.74) is 5.53. The zero-order valence-electron chi connectivity index (χ0n) is 10.1. The van der Waals surface area contributed by atoms with Crippen molar-refractivity contribution in [2.45, 2.75) is 13.3 Å². The molecule has 2 aliphatic rings. The number of hydrogen-bond donors (Lipinski definition) is 0. The largest absolute Gasteiger partial charge is 0.0776 e. The van der Waals surface area contributed by atoms with Gasteiger partial charge in [0.1, 0.15) is 0 Å². The first kappa shape index (κ1) is 10.3. The molecule has 84 valence electrons. The Morgan fingerprint density at radius 2 is 1.76 bits per heavy atom. The molecule has 1 atom stereocenters. The Morgan fingerprint density at radius 1 is 0.941 bits per heavy atom. The number of benzene rings is 1. The molecule has 3 rings (SSSR count). The molecule has 0 saturated carbocycles. The van der Waals surface area contributed by atoms with Gasteiger partial charge in [-0.25, -0.2) is 0 Å². The van der Waals surface area contributed by atoms with Gasteiger partial charge in [-0.1, -0.05) is 67.6 Å². The van der Waals surface area contributed by atoms with Crippen molar-refractivity contribution in [2.24, 2.45) is 5.92 Å². The van der Waals surface area contributed by atoms with Crippen molar-refractivity contribution < 1.29 is 0 Å². The van der Waals surface area contributed by atoms with Crippen LogP contribution in [-0.4, -0.2) is 0 Å². The second-order valence-corrected chi connectivity index (χ2v) is 4.77. The molecular weight excluding hydrogens is 204 g/mol. The second-order valence-electron chi connectivity index (χ2n) is 4.77. The Hall–Kier alpha value is -1.82. The molecule has 0 saturated heterocycles. The van der Waals surface area contributed by atoms with E-state index in [1.54, 1.807) is 0 Å². The minimum atomic E-state index is 0.533. The lowest BCUT2D eigenvalue weighted by Gasteiger charge is -2.05. The highest BCUT2D eigenvalue weighted by atomic mass is 14.1. The molecule has 0 spiro atoms. The van der Waals surface area contributed by atoms with Gasteiger partial charge in [-0.2, -0.15) is 0 Å². The molecule has 2 aliphatic carbocycles. The van der Waals surface area contributed by atoms with Crippen LogP contribution in [0.3, 0.4) is 0 Å². The zero-order chi connectivity index (χ0) is 11.7. The van der Waals surface area contributed by atoms with Crippen molar-refractivity contribution in [1.29, 1.82) is 0 Å². The molecule has 1 aromatic carbocycles. The molecule has 0 aromatic heterocycles. The Morgan fingerprint density at radius 3 is 2.71 bits per heavy atom. The zero-order valence-corrected chi connectivity index (χ0v) is 10.1. The molecule has 0 heterocycles. The van der Waals surface area contributed by atoms with Crippen molar-refractivity contribution in [1.82, 2.24) is 0 Å². The fourth-order valence-corrected chi connectivity index (χ4v) is 2.36. The van der Waals surface area contributed by atoms with E-state index in [2.05, 4.69) is 67.6 Å². The summed E-state index contributed by atoms with van der Waals surface area (Å²) in [4.78, 5) is 0. The first-order valence-electron chi connectivity index (χ1n) is 6.18. The Labute approximate surface area is 103 Å². The molecule has 0 N–H and O–H groups in total. The quantitative estimate of drug-likeness (QED) is 0.611. The standard InChI is InChI=1S/C17H16/c1-13-6-8-15-11-10-14-4-2-3-5-16(14)12-17(15)9-7-13/h2-11,13H,12H2,1H3. The van der Waals surface area contributed by atoms with Gasteiger partial charge in [0.25, 0.3) is 0 Å². The minimum absolute atomic E-state index is 0.533. The summed E-state index contributed by atoms with van der Waals surface area (Å²) in [6.45, 7) is 2.22. The van der Waals surface area contributed by atoms with Gasteiger partial charge in [-0.05, 0) is 34.6 Å². The average Bonchev–Trinajstić information content (AvgIpc) is 2.62.